The zero-order valence-electron chi connectivity index (χ0n) is 17.0. The molecule has 0 atom stereocenters. The Morgan fingerprint density at radius 3 is 2.24 bits per heavy atom. The van der Waals surface area contributed by atoms with Gasteiger partial charge in [-0.15, -0.1) is 0 Å². The summed E-state index contributed by atoms with van der Waals surface area (Å²) in [5.41, 5.74) is 0.0259. The Bertz CT molecular complexity index is 1280. The van der Waals surface area contributed by atoms with Gasteiger partial charge in [0.1, 0.15) is 0 Å². The van der Waals surface area contributed by atoms with Crippen molar-refractivity contribution in [1.82, 2.24) is 0 Å². The molecule has 0 radical (unpaired) electrons. The predicted octanol–water partition coefficient (Wildman–Crippen LogP) is 6.23. The van der Waals surface area contributed by atoms with Crippen molar-refractivity contribution in [3.63, 3.8) is 0 Å². The molecule has 0 spiro atoms. The Kier molecular flexibility index (Phi) is 7.26. The maximum Gasteiger partial charge on any atom is 0.417 e. The molecule has 0 bridgehead atoms. The molecule has 11 heteroatoms. The van der Waals surface area contributed by atoms with E-state index in [0.29, 0.717) is 16.3 Å². The summed E-state index contributed by atoms with van der Waals surface area (Å²) in [5.74, 6) is -0.633. The Labute approximate surface area is 198 Å². The zero-order valence-corrected chi connectivity index (χ0v) is 19.4. The van der Waals surface area contributed by atoms with Crippen LogP contribution in [0.25, 0.3) is 0 Å². The van der Waals surface area contributed by atoms with Crippen LogP contribution >= 0.6 is 23.2 Å². The Morgan fingerprint density at radius 1 is 1.00 bits per heavy atom. The zero-order chi connectivity index (χ0) is 24.4. The fourth-order valence-electron chi connectivity index (χ4n) is 2.98. The molecule has 0 unspecified atom stereocenters. The van der Waals surface area contributed by atoms with E-state index >= 15 is 0 Å². The average Bonchev–Trinajstić information content (AvgIpc) is 2.72. The molecule has 0 aliphatic heterocycles. The van der Waals surface area contributed by atoms with E-state index in [4.69, 9.17) is 23.2 Å². The van der Waals surface area contributed by atoms with Crippen LogP contribution in [0.4, 0.5) is 24.5 Å². The van der Waals surface area contributed by atoms with Crippen LogP contribution in [0.2, 0.25) is 10.0 Å². The number of hydrogen-bond acceptors (Lipinski definition) is 3. The van der Waals surface area contributed by atoms with Gasteiger partial charge < -0.3 is 5.32 Å². The van der Waals surface area contributed by atoms with Gasteiger partial charge in [0, 0.05) is 16.3 Å². The fraction of sp³-hybridized carbons (Fsp3) is 0.136. The highest BCUT2D eigenvalue weighted by Crippen LogP contribution is 2.36. The molecule has 0 heterocycles. The Morgan fingerprint density at radius 2 is 1.67 bits per heavy atom. The van der Waals surface area contributed by atoms with E-state index in [0.717, 1.165) is 18.4 Å². The van der Waals surface area contributed by atoms with Crippen LogP contribution in [-0.4, -0.2) is 20.6 Å². The van der Waals surface area contributed by atoms with Gasteiger partial charge in [-0.3, -0.25) is 9.10 Å². The van der Waals surface area contributed by atoms with Gasteiger partial charge in [0.05, 0.1) is 29.1 Å². The van der Waals surface area contributed by atoms with E-state index in [1.54, 1.807) is 30.3 Å². The van der Waals surface area contributed by atoms with Crippen molar-refractivity contribution < 1.29 is 26.4 Å². The maximum atomic E-state index is 13.0. The fourth-order valence-corrected chi connectivity index (χ4v) is 4.27. The topological polar surface area (TPSA) is 66.5 Å². The first-order valence-corrected chi connectivity index (χ1v) is 12.0. The number of carbonyl (C=O) groups is 1. The molecule has 0 aliphatic rings. The van der Waals surface area contributed by atoms with Crippen LogP contribution in [0.1, 0.15) is 21.5 Å². The van der Waals surface area contributed by atoms with Gasteiger partial charge in [0.2, 0.25) is 10.0 Å². The van der Waals surface area contributed by atoms with Crippen LogP contribution < -0.4 is 9.62 Å². The lowest BCUT2D eigenvalue weighted by Gasteiger charge is -2.22. The van der Waals surface area contributed by atoms with E-state index in [-0.39, 0.29) is 17.8 Å². The highest BCUT2D eigenvalue weighted by Gasteiger charge is 2.33. The maximum absolute atomic E-state index is 13.0. The highest BCUT2D eigenvalue weighted by molar-refractivity contribution is 7.92. The van der Waals surface area contributed by atoms with Gasteiger partial charge in [0.15, 0.2) is 0 Å². The number of alkyl halides is 3. The second-order valence-corrected chi connectivity index (χ2v) is 9.84. The molecule has 174 valence electrons. The number of amides is 1. The molecule has 0 saturated heterocycles. The molecule has 5 nitrogen and oxygen atoms in total. The molecule has 33 heavy (non-hydrogen) atoms. The first-order chi connectivity index (χ1) is 15.3. The standard InChI is InChI=1S/C22H17Cl2F3N2O3S/c1-33(31,32)29(18-4-2-3-16(23)11-18)13-14-5-7-15(8-6-14)21(30)28-17-9-10-20(24)19(12-17)22(25,26)27/h2-12H,13H2,1H3,(H,28,30). The lowest BCUT2D eigenvalue weighted by molar-refractivity contribution is -0.137. The third-order valence-corrected chi connectivity index (χ3v) is 6.27. The summed E-state index contributed by atoms with van der Waals surface area (Å²) < 4.78 is 64.8. The van der Waals surface area contributed by atoms with E-state index in [1.807, 2.05) is 0 Å². The van der Waals surface area contributed by atoms with Crippen LogP contribution in [0.5, 0.6) is 0 Å². The van der Waals surface area contributed by atoms with Gasteiger partial charge >= 0.3 is 6.18 Å². The van der Waals surface area contributed by atoms with Crippen molar-refractivity contribution in [2.75, 3.05) is 15.9 Å². The molecule has 1 N–H and O–H groups in total. The smallest absolute Gasteiger partial charge is 0.322 e. The molecule has 0 aromatic heterocycles. The van der Waals surface area contributed by atoms with Crippen molar-refractivity contribution >= 4 is 50.5 Å². The number of rotatable bonds is 6. The molecule has 0 aliphatic carbocycles. The van der Waals surface area contributed by atoms with Gasteiger partial charge in [-0.2, -0.15) is 13.2 Å². The number of nitrogens with zero attached hydrogens (tertiary/aromatic N) is 1. The van der Waals surface area contributed by atoms with Crippen LogP contribution in [0.3, 0.4) is 0 Å². The van der Waals surface area contributed by atoms with Gasteiger partial charge in [-0.25, -0.2) is 8.42 Å². The van der Waals surface area contributed by atoms with E-state index in [1.165, 1.54) is 28.6 Å². The quantitative estimate of drug-likeness (QED) is 0.422. The van der Waals surface area contributed by atoms with Crippen molar-refractivity contribution in [3.8, 4) is 0 Å². The van der Waals surface area contributed by atoms with Crippen molar-refractivity contribution in [1.29, 1.82) is 0 Å². The van der Waals surface area contributed by atoms with Gasteiger partial charge in [-0.05, 0) is 54.1 Å². The second kappa shape index (κ2) is 9.62. The number of sulfonamides is 1. The van der Waals surface area contributed by atoms with Crippen LogP contribution in [0.15, 0.2) is 66.7 Å². The number of anilines is 2. The number of carbonyl (C=O) groups excluding carboxylic acids is 1. The van der Waals surface area contributed by atoms with Crippen LogP contribution in [-0.2, 0) is 22.7 Å². The molecule has 3 aromatic carbocycles. The second-order valence-electron chi connectivity index (χ2n) is 7.09. The third-order valence-electron chi connectivity index (χ3n) is 4.57. The molecular weight excluding hydrogens is 500 g/mol. The first kappa shape index (κ1) is 24.9. The van der Waals surface area contributed by atoms with Crippen molar-refractivity contribution in [2.24, 2.45) is 0 Å². The molecule has 3 rings (SSSR count). The Hall–Kier alpha value is -2.75. The minimum atomic E-state index is -4.66. The summed E-state index contributed by atoms with van der Waals surface area (Å²) in [7, 11) is -3.63. The van der Waals surface area contributed by atoms with Crippen LogP contribution in [0, 0.1) is 0 Å². The molecular formula is C22H17Cl2F3N2O3S. The van der Waals surface area contributed by atoms with Gasteiger partial charge in [0.25, 0.3) is 5.91 Å². The van der Waals surface area contributed by atoms with Crippen molar-refractivity contribution in [3.05, 3.63) is 93.5 Å². The summed E-state index contributed by atoms with van der Waals surface area (Å²) >= 11 is 11.6. The number of hydrogen-bond donors (Lipinski definition) is 1. The lowest BCUT2D eigenvalue weighted by atomic mass is 10.1. The normalized spacial score (nSPS) is 11.8. The molecule has 0 saturated carbocycles. The number of halogens is 5. The average molecular weight is 517 g/mol. The summed E-state index contributed by atoms with van der Waals surface area (Å²) in [5, 5.41) is 2.30. The summed E-state index contributed by atoms with van der Waals surface area (Å²) in [6.45, 7) is -0.00674. The summed E-state index contributed by atoms with van der Waals surface area (Å²) in [6, 6.07) is 15.5. The predicted molar refractivity (Wildman–Crippen MR) is 123 cm³/mol. The van der Waals surface area contributed by atoms with E-state index < -0.39 is 32.7 Å². The minimum absolute atomic E-state index is 0.00674. The van der Waals surface area contributed by atoms with E-state index in [9.17, 15) is 26.4 Å². The number of benzene rings is 3. The highest BCUT2D eigenvalue weighted by atomic mass is 35.5. The lowest BCUT2D eigenvalue weighted by Crippen LogP contribution is -2.29. The number of nitrogens with one attached hydrogen (secondary N) is 1. The molecule has 3 aromatic rings. The Balaban J connectivity index is 1.77. The monoisotopic (exact) mass is 516 g/mol. The molecule has 0 fully saturated rings. The molecule has 1 amide bonds. The summed E-state index contributed by atoms with van der Waals surface area (Å²) in [4.78, 5) is 12.5. The summed E-state index contributed by atoms with van der Waals surface area (Å²) in [6.07, 6.45) is -3.59. The largest absolute Gasteiger partial charge is 0.417 e. The minimum Gasteiger partial charge on any atom is -0.322 e. The third kappa shape index (κ3) is 6.40. The first-order valence-electron chi connectivity index (χ1n) is 9.35. The van der Waals surface area contributed by atoms with Gasteiger partial charge in [-0.1, -0.05) is 41.4 Å². The SMILES string of the molecule is CS(=O)(=O)N(Cc1ccc(C(=O)Nc2ccc(Cl)c(C(F)(F)F)c2)cc1)c1cccc(Cl)c1. The van der Waals surface area contributed by atoms with E-state index in [2.05, 4.69) is 5.32 Å². The van der Waals surface area contributed by atoms with Crippen molar-refractivity contribution in [2.45, 2.75) is 12.7 Å².